The van der Waals surface area contributed by atoms with Gasteiger partial charge in [-0.15, -0.1) is 0 Å². The molecule has 0 aliphatic carbocycles. The molecule has 1 heterocycles. The Labute approximate surface area is 70.3 Å². The van der Waals surface area contributed by atoms with Crippen LogP contribution in [-0.4, -0.2) is 22.6 Å². The third kappa shape index (κ3) is 3.01. The lowest BCUT2D eigenvalue weighted by molar-refractivity contribution is -0.136. The highest BCUT2D eigenvalue weighted by Crippen LogP contribution is 1.98. The van der Waals surface area contributed by atoms with Crippen molar-refractivity contribution in [3.8, 4) is 0 Å². The number of aliphatic carboxylic acids is 1. The van der Waals surface area contributed by atoms with Crippen molar-refractivity contribution in [2.75, 3.05) is 11.9 Å². The largest absolute Gasteiger partial charge is 0.481 e. The Morgan fingerprint density at radius 1 is 1.58 bits per heavy atom. The van der Waals surface area contributed by atoms with E-state index in [-0.39, 0.29) is 6.42 Å². The van der Waals surface area contributed by atoms with Crippen molar-refractivity contribution in [2.45, 2.75) is 6.42 Å². The number of aromatic nitrogens is 1. The molecule has 1 aromatic rings. The molecule has 0 aliphatic rings. The molecule has 0 fully saturated rings. The maximum atomic E-state index is 10.1. The Kier molecular flexibility index (Phi) is 3.07. The number of carbonyl (C=O) groups is 1. The summed E-state index contributed by atoms with van der Waals surface area (Å²) in [6, 6.07) is 5.44. The molecule has 0 bridgehead atoms. The first kappa shape index (κ1) is 8.52. The molecule has 64 valence electrons. The predicted octanol–water partition coefficient (Wildman–Crippen LogP) is 0.968. The highest BCUT2D eigenvalue weighted by Gasteiger charge is 1.95. The summed E-state index contributed by atoms with van der Waals surface area (Å²) in [5, 5.41) is 11.2. The first-order valence-corrected chi connectivity index (χ1v) is 3.66. The van der Waals surface area contributed by atoms with E-state index in [1.54, 1.807) is 12.3 Å². The summed E-state index contributed by atoms with van der Waals surface area (Å²) >= 11 is 0. The fourth-order valence-corrected chi connectivity index (χ4v) is 0.765. The summed E-state index contributed by atoms with van der Waals surface area (Å²) in [6.07, 6.45) is 1.76. The minimum absolute atomic E-state index is 0.108. The number of nitrogens with zero attached hydrogens (tertiary/aromatic N) is 1. The van der Waals surface area contributed by atoms with E-state index in [0.717, 1.165) is 0 Å². The second kappa shape index (κ2) is 4.33. The fraction of sp³-hybridized carbons (Fsp3) is 0.250. The molecule has 0 saturated carbocycles. The zero-order valence-corrected chi connectivity index (χ0v) is 6.53. The van der Waals surface area contributed by atoms with Crippen LogP contribution in [0.2, 0.25) is 0 Å². The summed E-state index contributed by atoms with van der Waals surface area (Å²) in [4.78, 5) is 14.1. The summed E-state index contributed by atoms with van der Waals surface area (Å²) < 4.78 is 0. The van der Waals surface area contributed by atoms with E-state index >= 15 is 0 Å². The molecule has 0 unspecified atom stereocenters. The minimum atomic E-state index is -0.807. The van der Waals surface area contributed by atoms with E-state index in [0.29, 0.717) is 12.4 Å². The SMILES string of the molecule is O=C(O)CCNc1ccccn1. The van der Waals surface area contributed by atoms with Crippen LogP contribution in [-0.2, 0) is 4.79 Å². The third-order valence-electron chi connectivity index (χ3n) is 1.31. The highest BCUT2D eigenvalue weighted by molar-refractivity contribution is 5.67. The van der Waals surface area contributed by atoms with Gasteiger partial charge in [0.15, 0.2) is 0 Å². The third-order valence-corrected chi connectivity index (χ3v) is 1.31. The minimum Gasteiger partial charge on any atom is -0.481 e. The van der Waals surface area contributed by atoms with E-state index in [2.05, 4.69) is 10.3 Å². The zero-order chi connectivity index (χ0) is 8.81. The van der Waals surface area contributed by atoms with E-state index in [4.69, 9.17) is 5.11 Å². The maximum absolute atomic E-state index is 10.1. The number of nitrogens with one attached hydrogen (secondary N) is 1. The molecule has 0 atom stereocenters. The predicted molar refractivity (Wildman–Crippen MR) is 45.0 cm³/mol. The van der Waals surface area contributed by atoms with Gasteiger partial charge < -0.3 is 10.4 Å². The molecule has 2 N–H and O–H groups in total. The van der Waals surface area contributed by atoms with Gasteiger partial charge in [0.05, 0.1) is 6.42 Å². The first-order chi connectivity index (χ1) is 5.79. The molecule has 0 radical (unpaired) electrons. The Morgan fingerprint density at radius 2 is 2.42 bits per heavy atom. The smallest absolute Gasteiger partial charge is 0.305 e. The number of anilines is 1. The number of pyridine rings is 1. The quantitative estimate of drug-likeness (QED) is 0.699. The lowest BCUT2D eigenvalue weighted by atomic mass is 10.4. The van der Waals surface area contributed by atoms with Crippen LogP contribution in [0.3, 0.4) is 0 Å². The summed E-state index contributed by atoms with van der Waals surface area (Å²) in [5.41, 5.74) is 0. The summed E-state index contributed by atoms with van der Waals surface area (Å²) in [7, 11) is 0. The Balaban J connectivity index is 2.29. The van der Waals surface area contributed by atoms with E-state index in [1.807, 2.05) is 12.1 Å². The number of hydrogen-bond donors (Lipinski definition) is 2. The van der Waals surface area contributed by atoms with Crippen molar-refractivity contribution in [1.82, 2.24) is 4.98 Å². The average molecular weight is 166 g/mol. The van der Waals surface area contributed by atoms with Crippen molar-refractivity contribution in [2.24, 2.45) is 0 Å². The van der Waals surface area contributed by atoms with Gasteiger partial charge in [0, 0.05) is 12.7 Å². The van der Waals surface area contributed by atoms with E-state index in [1.165, 1.54) is 0 Å². The summed E-state index contributed by atoms with van der Waals surface area (Å²) in [5.74, 6) is -0.0998. The van der Waals surface area contributed by atoms with E-state index < -0.39 is 5.97 Å². The maximum Gasteiger partial charge on any atom is 0.305 e. The van der Waals surface area contributed by atoms with Crippen molar-refractivity contribution < 1.29 is 9.90 Å². The fourth-order valence-electron chi connectivity index (χ4n) is 0.765. The molecule has 0 spiro atoms. The molecule has 0 aromatic carbocycles. The van der Waals surface area contributed by atoms with Crippen LogP contribution in [0.1, 0.15) is 6.42 Å². The van der Waals surface area contributed by atoms with Crippen molar-refractivity contribution in [3.05, 3.63) is 24.4 Å². The molecule has 0 aliphatic heterocycles. The number of hydrogen-bond acceptors (Lipinski definition) is 3. The summed E-state index contributed by atoms with van der Waals surface area (Å²) in [6.45, 7) is 0.409. The molecule has 0 saturated heterocycles. The second-order valence-electron chi connectivity index (χ2n) is 2.29. The first-order valence-electron chi connectivity index (χ1n) is 3.66. The van der Waals surface area contributed by atoms with Gasteiger partial charge in [0.2, 0.25) is 0 Å². The van der Waals surface area contributed by atoms with Crippen LogP contribution in [0, 0.1) is 0 Å². The van der Waals surface area contributed by atoms with Crippen LogP contribution in [0.4, 0.5) is 5.82 Å². The highest BCUT2D eigenvalue weighted by atomic mass is 16.4. The topological polar surface area (TPSA) is 62.2 Å². The lowest BCUT2D eigenvalue weighted by Crippen LogP contribution is -2.08. The molecule has 1 aromatic heterocycles. The van der Waals surface area contributed by atoms with Crippen LogP contribution in [0.15, 0.2) is 24.4 Å². The van der Waals surface area contributed by atoms with Crippen LogP contribution in [0.5, 0.6) is 0 Å². The average Bonchev–Trinajstić information content (AvgIpc) is 2.05. The monoisotopic (exact) mass is 166 g/mol. The Hall–Kier alpha value is -1.58. The standard InChI is InChI=1S/C8H10N2O2/c11-8(12)4-6-10-7-3-1-2-5-9-7/h1-3,5H,4,6H2,(H,9,10)(H,11,12). The van der Waals surface area contributed by atoms with Gasteiger partial charge >= 0.3 is 5.97 Å². The number of rotatable bonds is 4. The number of carboxylic acid groups (broad SMARTS) is 1. The van der Waals surface area contributed by atoms with Crippen LogP contribution < -0.4 is 5.32 Å². The van der Waals surface area contributed by atoms with Crippen LogP contribution >= 0.6 is 0 Å². The Bertz CT molecular complexity index is 248. The van der Waals surface area contributed by atoms with E-state index in [9.17, 15) is 4.79 Å². The van der Waals surface area contributed by atoms with Gasteiger partial charge in [-0.25, -0.2) is 4.98 Å². The second-order valence-corrected chi connectivity index (χ2v) is 2.29. The molecular weight excluding hydrogens is 156 g/mol. The van der Waals surface area contributed by atoms with Crippen molar-refractivity contribution >= 4 is 11.8 Å². The Morgan fingerprint density at radius 3 is 3.00 bits per heavy atom. The van der Waals surface area contributed by atoms with Gasteiger partial charge in [-0.1, -0.05) is 6.07 Å². The zero-order valence-electron chi connectivity index (χ0n) is 6.53. The number of carboxylic acids is 1. The molecule has 0 amide bonds. The van der Waals surface area contributed by atoms with Gasteiger partial charge in [0.1, 0.15) is 5.82 Å². The van der Waals surface area contributed by atoms with Gasteiger partial charge in [-0.05, 0) is 12.1 Å². The van der Waals surface area contributed by atoms with Gasteiger partial charge in [-0.2, -0.15) is 0 Å². The normalized spacial score (nSPS) is 9.33. The van der Waals surface area contributed by atoms with Crippen molar-refractivity contribution in [1.29, 1.82) is 0 Å². The van der Waals surface area contributed by atoms with Crippen LogP contribution in [0.25, 0.3) is 0 Å². The van der Waals surface area contributed by atoms with Gasteiger partial charge in [0.25, 0.3) is 0 Å². The lowest BCUT2D eigenvalue weighted by Gasteiger charge is -2.01. The molecule has 4 nitrogen and oxygen atoms in total. The van der Waals surface area contributed by atoms with Crippen molar-refractivity contribution in [3.63, 3.8) is 0 Å². The molecule has 1 rings (SSSR count). The molecule has 12 heavy (non-hydrogen) atoms. The van der Waals surface area contributed by atoms with Gasteiger partial charge in [-0.3, -0.25) is 4.79 Å². The molecule has 4 heteroatoms. The molecular formula is C8H10N2O2.